The molecule has 0 amide bonds. The molecule has 1 aliphatic rings. The van der Waals surface area contributed by atoms with Crippen molar-refractivity contribution in [3.05, 3.63) is 34.4 Å². The third-order valence-corrected chi connectivity index (χ3v) is 5.98. The molecule has 1 aromatic rings. The first-order valence-corrected chi connectivity index (χ1v) is 8.82. The fourth-order valence-corrected chi connectivity index (χ4v) is 4.46. The second-order valence-corrected chi connectivity index (χ2v) is 7.44. The van der Waals surface area contributed by atoms with Crippen molar-refractivity contribution in [1.82, 2.24) is 5.43 Å². The molecule has 1 atom stereocenters. The van der Waals surface area contributed by atoms with E-state index in [2.05, 4.69) is 50.1 Å². The summed E-state index contributed by atoms with van der Waals surface area (Å²) in [4.78, 5) is 0. The lowest BCUT2D eigenvalue weighted by Crippen LogP contribution is -2.31. The molecule has 1 aliphatic carbocycles. The Bertz CT molecular complexity index is 439. The SMILES string of the molecule is Cc1cc(C)c(C(CSC2CCCCC2)NN)cc1C. The van der Waals surface area contributed by atoms with E-state index in [1.165, 1.54) is 54.4 Å². The Morgan fingerprint density at radius 3 is 2.40 bits per heavy atom. The minimum absolute atomic E-state index is 0.265. The van der Waals surface area contributed by atoms with Gasteiger partial charge >= 0.3 is 0 Å². The van der Waals surface area contributed by atoms with E-state index in [-0.39, 0.29) is 6.04 Å². The van der Waals surface area contributed by atoms with Gasteiger partial charge in [-0.1, -0.05) is 31.4 Å². The van der Waals surface area contributed by atoms with Gasteiger partial charge in [0.2, 0.25) is 0 Å². The second kappa shape index (κ2) is 7.48. The van der Waals surface area contributed by atoms with Crippen LogP contribution in [0.25, 0.3) is 0 Å². The molecule has 112 valence electrons. The number of hydrogen-bond donors (Lipinski definition) is 2. The van der Waals surface area contributed by atoms with Gasteiger partial charge in [-0.25, -0.2) is 0 Å². The standard InChI is InChI=1S/C17H28N2S/c1-12-9-14(3)16(10-13(12)2)17(19-18)11-20-15-7-5-4-6-8-15/h9-10,15,17,19H,4-8,11,18H2,1-3H3. The molecule has 20 heavy (non-hydrogen) atoms. The number of aryl methyl sites for hydroxylation is 3. The zero-order chi connectivity index (χ0) is 14.5. The summed E-state index contributed by atoms with van der Waals surface area (Å²) in [5.41, 5.74) is 8.45. The quantitative estimate of drug-likeness (QED) is 0.631. The fourth-order valence-electron chi connectivity index (χ4n) is 3.05. The first kappa shape index (κ1) is 15.9. The first-order chi connectivity index (χ1) is 9.61. The van der Waals surface area contributed by atoms with Crippen LogP contribution < -0.4 is 11.3 Å². The lowest BCUT2D eigenvalue weighted by molar-refractivity contribution is 0.514. The van der Waals surface area contributed by atoms with Crippen molar-refractivity contribution in [3.63, 3.8) is 0 Å². The topological polar surface area (TPSA) is 38.0 Å². The van der Waals surface area contributed by atoms with Crippen LogP contribution in [0.2, 0.25) is 0 Å². The third kappa shape index (κ3) is 4.00. The first-order valence-electron chi connectivity index (χ1n) is 7.77. The molecule has 0 aliphatic heterocycles. The van der Waals surface area contributed by atoms with Crippen molar-refractivity contribution in [2.45, 2.75) is 64.2 Å². The van der Waals surface area contributed by atoms with Gasteiger partial charge in [-0.15, -0.1) is 0 Å². The molecule has 1 unspecified atom stereocenters. The number of benzene rings is 1. The number of nitrogens with one attached hydrogen (secondary N) is 1. The minimum Gasteiger partial charge on any atom is -0.271 e. The number of nitrogens with two attached hydrogens (primary N) is 1. The summed E-state index contributed by atoms with van der Waals surface area (Å²) in [5, 5.41) is 0.839. The maximum absolute atomic E-state index is 5.81. The van der Waals surface area contributed by atoms with Crippen molar-refractivity contribution in [3.8, 4) is 0 Å². The molecule has 3 heteroatoms. The van der Waals surface area contributed by atoms with Gasteiger partial charge < -0.3 is 0 Å². The molecule has 2 nitrogen and oxygen atoms in total. The van der Waals surface area contributed by atoms with Crippen molar-refractivity contribution in [1.29, 1.82) is 0 Å². The number of hydrazine groups is 1. The average Bonchev–Trinajstić information content (AvgIpc) is 2.46. The highest BCUT2D eigenvalue weighted by molar-refractivity contribution is 7.99. The van der Waals surface area contributed by atoms with Gasteiger partial charge in [0.25, 0.3) is 0 Å². The normalized spacial score (nSPS) is 18.2. The van der Waals surface area contributed by atoms with Gasteiger partial charge in [-0.3, -0.25) is 11.3 Å². The Morgan fingerprint density at radius 2 is 1.75 bits per heavy atom. The molecule has 1 fully saturated rings. The molecule has 0 radical (unpaired) electrons. The van der Waals surface area contributed by atoms with Gasteiger partial charge in [-0.05, 0) is 55.9 Å². The van der Waals surface area contributed by atoms with Crippen LogP contribution in [0.5, 0.6) is 0 Å². The predicted octanol–water partition coefficient (Wildman–Crippen LogP) is 4.18. The Hall–Kier alpha value is -0.510. The molecule has 0 aromatic heterocycles. The third-order valence-electron chi connectivity index (χ3n) is 4.51. The van der Waals surface area contributed by atoms with E-state index in [0.717, 1.165) is 11.0 Å². The number of rotatable bonds is 5. The Kier molecular flexibility index (Phi) is 5.94. The summed E-state index contributed by atoms with van der Waals surface area (Å²) in [5.74, 6) is 6.89. The van der Waals surface area contributed by atoms with E-state index in [1.807, 2.05) is 0 Å². The van der Waals surface area contributed by atoms with E-state index in [1.54, 1.807) is 0 Å². The largest absolute Gasteiger partial charge is 0.271 e. The Labute approximate surface area is 127 Å². The van der Waals surface area contributed by atoms with Crippen LogP contribution in [0.3, 0.4) is 0 Å². The van der Waals surface area contributed by atoms with Crippen LogP contribution in [-0.4, -0.2) is 11.0 Å². The number of hydrogen-bond acceptors (Lipinski definition) is 3. The van der Waals surface area contributed by atoms with Crippen LogP contribution in [0.15, 0.2) is 12.1 Å². The lowest BCUT2D eigenvalue weighted by atomic mass is 9.97. The van der Waals surface area contributed by atoms with Gasteiger partial charge in [0.15, 0.2) is 0 Å². The number of thioether (sulfide) groups is 1. The van der Waals surface area contributed by atoms with Crippen LogP contribution in [-0.2, 0) is 0 Å². The molecule has 1 saturated carbocycles. The molecule has 3 N–H and O–H groups in total. The van der Waals surface area contributed by atoms with Crippen molar-refractivity contribution >= 4 is 11.8 Å². The van der Waals surface area contributed by atoms with Gasteiger partial charge in [-0.2, -0.15) is 11.8 Å². The van der Waals surface area contributed by atoms with Crippen LogP contribution in [0, 0.1) is 20.8 Å². The summed E-state index contributed by atoms with van der Waals surface area (Å²) >= 11 is 2.10. The van der Waals surface area contributed by atoms with Crippen molar-refractivity contribution in [2.75, 3.05) is 5.75 Å². The monoisotopic (exact) mass is 292 g/mol. The molecule has 0 bridgehead atoms. The summed E-state index contributed by atoms with van der Waals surface area (Å²) in [6.45, 7) is 6.55. The van der Waals surface area contributed by atoms with E-state index in [0.29, 0.717) is 0 Å². The molecule has 0 heterocycles. The maximum atomic E-state index is 5.81. The molecule has 0 spiro atoms. The zero-order valence-corrected chi connectivity index (χ0v) is 13.9. The summed E-state index contributed by atoms with van der Waals surface area (Å²) in [6, 6.07) is 4.85. The fraction of sp³-hybridized carbons (Fsp3) is 0.647. The smallest absolute Gasteiger partial charge is 0.0553 e. The summed E-state index contributed by atoms with van der Waals surface area (Å²) in [6.07, 6.45) is 7.00. The molecular formula is C17H28N2S. The summed E-state index contributed by atoms with van der Waals surface area (Å²) in [7, 11) is 0. The predicted molar refractivity (Wildman–Crippen MR) is 90.0 cm³/mol. The zero-order valence-electron chi connectivity index (χ0n) is 13.0. The van der Waals surface area contributed by atoms with E-state index in [4.69, 9.17) is 5.84 Å². The van der Waals surface area contributed by atoms with Crippen molar-refractivity contribution < 1.29 is 0 Å². The Balaban J connectivity index is 2.02. The minimum atomic E-state index is 0.265. The molecule has 0 saturated heterocycles. The Morgan fingerprint density at radius 1 is 1.10 bits per heavy atom. The van der Waals surface area contributed by atoms with Crippen molar-refractivity contribution in [2.24, 2.45) is 5.84 Å². The average molecular weight is 292 g/mol. The molecule has 1 aromatic carbocycles. The van der Waals surface area contributed by atoms with E-state index in [9.17, 15) is 0 Å². The highest BCUT2D eigenvalue weighted by Crippen LogP contribution is 2.32. The maximum Gasteiger partial charge on any atom is 0.0553 e. The highest BCUT2D eigenvalue weighted by atomic mass is 32.2. The van der Waals surface area contributed by atoms with Crippen LogP contribution in [0.4, 0.5) is 0 Å². The molecular weight excluding hydrogens is 264 g/mol. The summed E-state index contributed by atoms with van der Waals surface area (Å²) < 4.78 is 0. The van der Waals surface area contributed by atoms with Gasteiger partial charge in [0.1, 0.15) is 0 Å². The van der Waals surface area contributed by atoms with E-state index < -0.39 is 0 Å². The second-order valence-electron chi connectivity index (χ2n) is 6.11. The lowest BCUT2D eigenvalue weighted by Gasteiger charge is -2.25. The highest BCUT2D eigenvalue weighted by Gasteiger charge is 2.18. The van der Waals surface area contributed by atoms with Crippen LogP contribution in [0.1, 0.15) is 60.4 Å². The van der Waals surface area contributed by atoms with Gasteiger partial charge in [0.05, 0.1) is 6.04 Å². The van der Waals surface area contributed by atoms with E-state index >= 15 is 0 Å². The van der Waals surface area contributed by atoms with Crippen LogP contribution >= 0.6 is 11.8 Å². The van der Waals surface area contributed by atoms with Gasteiger partial charge in [0, 0.05) is 11.0 Å². The molecule has 2 rings (SSSR count).